The van der Waals surface area contributed by atoms with Gasteiger partial charge in [-0.25, -0.2) is 0 Å². The Bertz CT molecular complexity index is 158. The number of unbranched alkanes of at least 4 members (excludes halogenated alkanes) is 6. The minimum Gasteiger partial charge on any atom is -0.162 e. The second-order valence-corrected chi connectivity index (χ2v) is 5.89. The van der Waals surface area contributed by atoms with Crippen LogP contribution in [0.3, 0.4) is 0 Å². The quantitative estimate of drug-likeness (QED) is 0.324. The highest BCUT2D eigenvalue weighted by atomic mass is 32.2. The summed E-state index contributed by atoms with van der Waals surface area (Å²) in [6.45, 7) is 4.45. The first-order valence-corrected chi connectivity index (χ1v) is 8.78. The minimum atomic E-state index is 0.0918. The normalized spacial score (nSPS) is 16.4. The summed E-state index contributed by atoms with van der Waals surface area (Å²) in [4.78, 5) is 0. The van der Waals surface area contributed by atoms with Crippen LogP contribution in [-0.4, -0.2) is 11.5 Å². The molecule has 0 saturated carbocycles. The highest BCUT2D eigenvalue weighted by Gasteiger charge is 1.93. The number of hydrogen-bond donors (Lipinski definition) is 0. The average molecular weight is 261 g/mol. The Balaban J connectivity index is 3.30. The van der Waals surface area contributed by atoms with Gasteiger partial charge in [-0.2, -0.15) is 11.8 Å². The number of hydrogen-bond acceptors (Lipinski definition) is 1. The van der Waals surface area contributed by atoms with Crippen LogP contribution in [-0.2, 0) is 0 Å². The fraction of sp³-hybridized carbons (Fsp3) is 1.00. The lowest BCUT2D eigenvalue weighted by Gasteiger charge is -2.02. The molecule has 1 heteroatoms. The van der Waals surface area contributed by atoms with Crippen LogP contribution in [0.25, 0.3) is 0 Å². The van der Waals surface area contributed by atoms with E-state index in [9.17, 15) is 0 Å². The zero-order chi connectivity index (χ0) is 14.3. The van der Waals surface area contributed by atoms with Crippen molar-refractivity contribution >= 4 is 11.8 Å². The van der Waals surface area contributed by atoms with E-state index in [1.807, 2.05) is 11.8 Å². The van der Waals surface area contributed by atoms with Crippen molar-refractivity contribution in [3.05, 3.63) is 0 Å². The molecule has 2 atom stereocenters. The first kappa shape index (κ1) is 13.8. The standard InChI is InChI=1S/C16H34S/c1-3-5-7-9-11-13-15-17-16-14-12-10-8-6-4-2/h3-16H2,1-2H3/i13D,14D. The van der Waals surface area contributed by atoms with E-state index in [1.54, 1.807) is 0 Å². The Kier molecular flexibility index (Phi) is 13.2. The summed E-state index contributed by atoms with van der Waals surface area (Å²) >= 11 is 1.82. The predicted octanol–water partition coefficient (Wildman–Crippen LogP) is 6.44. The van der Waals surface area contributed by atoms with E-state index in [4.69, 9.17) is 2.74 Å². The van der Waals surface area contributed by atoms with Crippen molar-refractivity contribution in [3.8, 4) is 0 Å². The first-order valence-electron chi connectivity index (χ1n) is 8.78. The van der Waals surface area contributed by atoms with Gasteiger partial charge in [-0.1, -0.05) is 78.1 Å². The summed E-state index contributed by atoms with van der Waals surface area (Å²) in [7, 11) is 0. The maximum absolute atomic E-state index is 7.96. The number of thioether (sulfide) groups is 1. The lowest BCUT2D eigenvalue weighted by Crippen LogP contribution is -1.86. The fourth-order valence-corrected chi connectivity index (χ4v) is 2.64. The van der Waals surface area contributed by atoms with Crippen LogP contribution in [0.15, 0.2) is 0 Å². The SMILES string of the molecule is [2H]C(CCCCCC)CSCC([2H])CCCCCC. The smallest absolute Gasteiger partial charge is 0.0275 e. The summed E-state index contributed by atoms with van der Waals surface area (Å²) in [5, 5.41) is 0. The largest absolute Gasteiger partial charge is 0.162 e. The molecule has 0 aliphatic heterocycles. The van der Waals surface area contributed by atoms with Gasteiger partial charge in [0.25, 0.3) is 0 Å². The van der Waals surface area contributed by atoms with E-state index < -0.39 is 0 Å². The molecule has 0 aromatic carbocycles. The van der Waals surface area contributed by atoms with Crippen LogP contribution in [0.5, 0.6) is 0 Å². The van der Waals surface area contributed by atoms with Gasteiger partial charge in [0.2, 0.25) is 0 Å². The molecule has 0 fully saturated rings. The lowest BCUT2D eigenvalue weighted by atomic mass is 10.1. The van der Waals surface area contributed by atoms with Crippen LogP contribution in [0, 0.1) is 0 Å². The third-order valence-corrected chi connectivity index (χ3v) is 3.94. The van der Waals surface area contributed by atoms with Crippen LogP contribution >= 0.6 is 11.8 Å². The van der Waals surface area contributed by atoms with Crippen molar-refractivity contribution in [2.45, 2.75) is 90.8 Å². The van der Waals surface area contributed by atoms with Crippen molar-refractivity contribution in [1.29, 1.82) is 0 Å². The third-order valence-electron chi connectivity index (χ3n) is 3.00. The average Bonchev–Trinajstić information content (AvgIpc) is 2.40. The first-order chi connectivity index (χ1) is 9.20. The molecular formula is C16H34S. The summed E-state index contributed by atoms with van der Waals surface area (Å²) in [6.07, 6.45) is 12.4. The maximum atomic E-state index is 7.96. The molecule has 0 saturated heterocycles. The molecule has 0 radical (unpaired) electrons. The Morgan fingerprint density at radius 3 is 1.47 bits per heavy atom. The van der Waals surface area contributed by atoms with E-state index in [1.165, 1.54) is 51.4 Å². The molecule has 0 aliphatic carbocycles. The van der Waals surface area contributed by atoms with Crippen molar-refractivity contribution in [2.75, 3.05) is 11.5 Å². The van der Waals surface area contributed by atoms with Gasteiger partial charge >= 0.3 is 0 Å². The van der Waals surface area contributed by atoms with Crippen molar-refractivity contribution in [3.63, 3.8) is 0 Å². The summed E-state index contributed by atoms with van der Waals surface area (Å²) in [5.74, 6) is 1.85. The van der Waals surface area contributed by atoms with Gasteiger partial charge in [-0.15, -0.1) is 0 Å². The summed E-state index contributed by atoms with van der Waals surface area (Å²) in [6, 6.07) is 0. The molecule has 2 unspecified atom stereocenters. The van der Waals surface area contributed by atoms with Gasteiger partial charge in [-0.05, 0) is 24.3 Å². The molecule has 0 heterocycles. The maximum Gasteiger partial charge on any atom is 0.0275 e. The Labute approximate surface area is 117 Å². The lowest BCUT2D eigenvalue weighted by molar-refractivity contribution is 0.624. The van der Waals surface area contributed by atoms with Gasteiger partial charge in [0.05, 0.1) is 0 Å². The van der Waals surface area contributed by atoms with E-state index in [2.05, 4.69) is 13.8 Å². The number of rotatable bonds is 14. The van der Waals surface area contributed by atoms with Gasteiger partial charge in [0.1, 0.15) is 0 Å². The van der Waals surface area contributed by atoms with E-state index in [0.717, 1.165) is 24.3 Å². The van der Waals surface area contributed by atoms with Gasteiger partial charge in [0, 0.05) is 2.74 Å². The highest BCUT2D eigenvalue weighted by Crippen LogP contribution is 2.13. The van der Waals surface area contributed by atoms with E-state index >= 15 is 0 Å². The fourth-order valence-electron chi connectivity index (χ4n) is 1.83. The molecule has 0 aliphatic rings. The predicted molar refractivity (Wildman–Crippen MR) is 84.1 cm³/mol. The van der Waals surface area contributed by atoms with Crippen molar-refractivity contribution in [1.82, 2.24) is 0 Å². The van der Waals surface area contributed by atoms with Crippen LogP contribution in [0.2, 0.25) is 0 Å². The molecular weight excluding hydrogens is 224 g/mol. The minimum absolute atomic E-state index is 0.0918. The molecule has 17 heavy (non-hydrogen) atoms. The molecule has 0 N–H and O–H groups in total. The zero-order valence-electron chi connectivity index (χ0n) is 14.0. The molecule has 0 bridgehead atoms. The van der Waals surface area contributed by atoms with Crippen LogP contribution in [0.1, 0.15) is 93.6 Å². The third kappa shape index (κ3) is 16.4. The van der Waals surface area contributed by atoms with Gasteiger partial charge in [0.15, 0.2) is 0 Å². The molecule has 0 nitrogen and oxygen atoms in total. The van der Waals surface area contributed by atoms with Gasteiger partial charge < -0.3 is 0 Å². The van der Waals surface area contributed by atoms with Crippen LogP contribution < -0.4 is 0 Å². The second kappa shape index (κ2) is 16.4. The monoisotopic (exact) mass is 260 g/mol. The molecule has 104 valence electrons. The summed E-state index contributed by atoms with van der Waals surface area (Å²) < 4.78 is 15.9. The van der Waals surface area contributed by atoms with E-state index in [-0.39, 0.29) is 12.8 Å². The van der Waals surface area contributed by atoms with Crippen molar-refractivity contribution < 1.29 is 2.74 Å². The topological polar surface area (TPSA) is 0 Å². The van der Waals surface area contributed by atoms with Crippen molar-refractivity contribution in [2.24, 2.45) is 0 Å². The molecule has 0 aromatic heterocycles. The molecule has 0 rings (SSSR count). The highest BCUT2D eigenvalue weighted by molar-refractivity contribution is 7.99. The zero-order valence-corrected chi connectivity index (χ0v) is 12.9. The molecule has 0 spiro atoms. The Hall–Kier alpha value is 0.350. The van der Waals surface area contributed by atoms with E-state index in [0.29, 0.717) is 0 Å². The molecule has 0 amide bonds. The van der Waals surface area contributed by atoms with Gasteiger partial charge in [-0.3, -0.25) is 0 Å². The second-order valence-electron chi connectivity index (χ2n) is 4.81. The van der Waals surface area contributed by atoms with Crippen LogP contribution in [0.4, 0.5) is 0 Å². The Morgan fingerprint density at radius 1 is 0.647 bits per heavy atom. The molecule has 0 aromatic rings. The summed E-state index contributed by atoms with van der Waals surface area (Å²) in [5.41, 5.74) is 0. The Morgan fingerprint density at radius 2 is 1.06 bits per heavy atom.